The summed E-state index contributed by atoms with van der Waals surface area (Å²) in [7, 11) is 3.39. The van der Waals surface area contributed by atoms with Crippen LogP contribution in [0.25, 0.3) is 0 Å². The van der Waals surface area contributed by atoms with E-state index in [0.29, 0.717) is 18.1 Å². The lowest BCUT2D eigenvalue weighted by Gasteiger charge is -2.24. The topological polar surface area (TPSA) is 54.5 Å². The Morgan fingerprint density at radius 3 is 2.68 bits per heavy atom. The third-order valence-electron chi connectivity index (χ3n) is 2.79. The fourth-order valence-corrected chi connectivity index (χ4v) is 1.66. The zero-order valence-electron chi connectivity index (χ0n) is 12.3. The van der Waals surface area contributed by atoms with Crippen LogP contribution >= 0.6 is 0 Å². The van der Waals surface area contributed by atoms with Crippen LogP contribution in [0.3, 0.4) is 0 Å². The number of methoxy groups -OCH3 is 1. The van der Waals surface area contributed by atoms with Crippen molar-refractivity contribution in [2.24, 2.45) is 0 Å². The van der Waals surface area contributed by atoms with Crippen LogP contribution in [-0.4, -0.2) is 48.6 Å². The molecule has 1 amide bonds. The highest BCUT2D eigenvalue weighted by molar-refractivity contribution is 5.92. The van der Waals surface area contributed by atoms with Crippen molar-refractivity contribution in [2.45, 2.75) is 32.9 Å². The second-order valence-corrected chi connectivity index (χ2v) is 4.93. The van der Waals surface area contributed by atoms with Crippen LogP contribution in [0.4, 0.5) is 5.82 Å². The van der Waals surface area contributed by atoms with E-state index in [4.69, 9.17) is 4.74 Å². The fourth-order valence-electron chi connectivity index (χ4n) is 1.66. The number of aromatic nitrogens is 1. The largest absolute Gasteiger partial charge is 0.383 e. The van der Waals surface area contributed by atoms with Gasteiger partial charge < -0.3 is 15.0 Å². The molecule has 1 atom stereocenters. The maximum absolute atomic E-state index is 12.3. The van der Waals surface area contributed by atoms with Crippen LogP contribution in [0.5, 0.6) is 0 Å². The quantitative estimate of drug-likeness (QED) is 0.855. The summed E-state index contributed by atoms with van der Waals surface area (Å²) in [5.41, 5.74) is 0.441. The average Bonchev–Trinajstić information content (AvgIpc) is 2.36. The van der Waals surface area contributed by atoms with Crippen LogP contribution in [0.15, 0.2) is 18.2 Å². The van der Waals surface area contributed by atoms with E-state index < -0.39 is 0 Å². The Morgan fingerprint density at radius 2 is 2.11 bits per heavy atom. The lowest BCUT2D eigenvalue weighted by Crippen LogP contribution is -2.38. The first-order valence-electron chi connectivity index (χ1n) is 6.45. The molecule has 0 fully saturated rings. The predicted octanol–water partition coefficient (Wildman–Crippen LogP) is 2.01. The molecule has 0 aliphatic heterocycles. The number of hydrogen-bond acceptors (Lipinski definition) is 4. The minimum atomic E-state index is -0.100. The SMILES string of the molecule is COCC(C)N(C)C(=O)c1cccc(NC(C)C)n1. The number of amides is 1. The zero-order chi connectivity index (χ0) is 14.4. The van der Waals surface area contributed by atoms with Crippen molar-refractivity contribution in [1.82, 2.24) is 9.88 Å². The maximum atomic E-state index is 12.3. The van der Waals surface area contributed by atoms with Gasteiger partial charge in [0.05, 0.1) is 12.6 Å². The van der Waals surface area contributed by atoms with E-state index in [1.807, 2.05) is 32.9 Å². The van der Waals surface area contributed by atoms with E-state index in [1.54, 1.807) is 25.1 Å². The van der Waals surface area contributed by atoms with Crippen molar-refractivity contribution in [3.63, 3.8) is 0 Å². The van der Waals surface area contributed by atoms with Gasteiger partial charge in [-0.25, -0.2) is 4.98 Å². The molecular formula is C14H23N3O2. The third-order valence-corrected chi connectivity index (χ3v) is 2.79. The van der Waals surface area contributed by atoms with E-state index >= 15 is 0 Å². The normalized spacial score (nSPS) is 12.3. The molecule has 1 aromatic heterocycles. The molecule has 0 aromatic carbocycles. The minimum absolute atomic E-state index is 0.0148. The third kappa shape index (κ3) is 4.52. The number of hydrogen-bond donors (Lipinski definition) is 1. The number of rotatable bonds is 6. The smallest absolute Gasteiger partial charge is 0.272 e. The van der Waals surface area contributed by atoms with Gasteiger partial charge in [-0.15, -0.1) is 0 Å². The Balaban J connectivity index is 2.81. The molecule has 0 saturated heterocycles. The van der Waals surface area contributed by atoms with Crippen molar-refractivity contribution >= 4 is 11.7 Å². The Morgan fingerprint density at radius 1 is 1.42 bits per heavy atom. The molecule has 0 saturated carbocycles. The van der Waals surface area contributed by atoms with Gasteiger partial charge in [-0.2, -0.15) is 0 Å². The number of ether oxygens (including phenoxy) is 1. The van der Waals surface area contributed by atoms with E-state index in [2.05, 4.69) is 10.3 Å². The average molecular weight is 265 g/mol. The van der Waals surface area contributed by atoms with E-state index in [-0.39, 0.29) is 18.0 Å². The van der Waals surface area contributed by atoms with Gasteiger partial charge in [-0.3, -0.25) is 4.79 Å². The lowest BCUT2D eigenvalue weighted by molar-refractivity contribution is 0.0628. The first kappa shape index (κ1) is 15.4. The summed E-state index contributed by atoms with van der Waals surface area (Å²) >= 11 is 0. The summed E-state index contributed by atoms with van der Waals surface area (Å²) in [6, 6.07) is 5.71. The number of nitrogens with zero attached hydrogens (tertiary/aromatic N) is 2. The Bertz CT molecular complexity index is 421. The monoisotopic (exact) mass is 265 g/mol. The fraction of sp³-hybridized carbons (Fsp3) is 0.571. The number of pyridine rings is 1. The van der Waals surface area contributed by atoms with Gasteiger partial charge in [0.1, 0.15) is 11.5 Å². The van der Waals surface area contributed by atoms with Crippen molar-refractivity contribution in [3.05, 3.63) is 23.9 Å². The molecule has 1 aromatic rings. The number of likely N-dealkylation sites (N-methyl/N-ethyl adjacent to an activating group) is 1. The van der Waals surface area contributed by atoms with Crippen LogP contribution in [0.2, 0.25) is 0 Å². The molecule has 1 N–H and O–H groups in total. The molecule has 0 spiro atoms. The minimum Gasteiger partial charge on any atom is -0.383 e. The molecule has 19 heavy (non-hydrogen) atoms. The molecule has 0 aliphatic rings. The number of carbonyl (C=O) groups excluding carboxylic acids is 1. The maximum Gasteiger partial charge on any atom is 0.272 e. The van der Waals surface area contributed by atoms with Crippen molar-refractivity contribution in [3.8, 4) is 0 Å². The van der Waals surface area contributed by atoms with Crippen LogP contribution in [0, 0.1) is 0 Å². The van der Waals surface area contributed by atoms with Crippen LogP contribution in [-0.2, 0) is 4.74 Å². The summed E-state index contributed by atoms with van der Waals surface area (Å²) < 4.78 is 5.06. The second kappa shape index (κ2) is 7.09. The van der Waals surface area contributed by atoms with Gasteiger partial charge in [0, 0.05) is 20.2 Å². The Kier molecular flexibility index (Phi) is 5.76. The van der Waals surface area contributed by atoms with E-state index in [1.165, 1.54) is 0 Å². The zero-order valence-corrected chi connectivity index (χ0v) is 12.3. The summed E-state index contributed by atoms with van der Waals surface area (Å²) in [5.74, 6) is 0.616. The Hall–Kier alpha value is -1.62. The molecule has 106 valence electrons. The second-order valence-electron chi connectivity index (χ2n) is 4.93. The summed E-state index contributed by atoms with van der Waals surface area (Å²) in [6.45, 7) is 6.51. The summed E-state index contributed by atoms with van der Waals surface area (Å²) in [4.78, 5) is 18.3. The van der Waals surface area contributed by atoms with Gasteiger partial charge in [-0.1, -0.05) is 6.07 Å². The summed E-state index contributed by atoms with van der Waals surface area (Å²) in [6.07, 6.45) is 0. The number of carbonyl (C=O) groups is 1. The van der Waals surface area contributed by atoms with Crippen LogP contribution in [0.1, 0.15) is 31.3 Å². The molecule has 0 bridgehead atoms. The molecular weight excluding hydrogens is 242 g/mol. The molecule has 5 nitrogen and oxygen atoms in total. The van der Waals surface area contributed by atoms with Crippen LogP contribution < -0.4 is 5.32 Å². The molecule has 1 heterocycles. The van der Waals surface area contributed by atoms with E-state index in [9.17, 15) is 4.79 Å². The van der Waals surface area contributed by atoms with Gasteiger partial charge in [0.2, 0.25) is 0 Å². The molecule has 1 rings (SSSR count). The molecule has 5 heteroatoms. The standard InChI is InChI=1S/C14H23N3O2/c1-10(2)15-13-8-6-7-12(16-13)14(18)17(4)11(3)9-19-5/h6-8,10-11H,9H2,1-5H3,(H,15,16). The van der Waals surface area contributed by atoms with Crippen molar-refractivity contribution in [1.29, 1.82) is 0 Å². The predicted molar refractivity (Wildman–Crippen MR) is 76.4 cm³/mol. The van der Waals surface area contributed by atoms with Gasteiger partial charge in [0.25, 0.3) is 5.91 Å². The molecule has 0 radical (unpaired) electrons. The molecule has 1 unspecified atom stereocenters. The number of nitrogens with one attached hydrogen (secondary N) is 1. The molecule has 0 aliphatic carbocycles. The van der Waals surface area contributed by atoms with Crippen molar-refractivity contribution < 1.29 is 9.53 Å². The first-order chi connectivity index (χ1) is 8.95. The highest BCUT2D eigenvalue weighted by Crippen LogP contribution is 2.10. The highest BCUT2D eigenvalue weighted by Gasteiger charge is 2.18. The number of anilines is 1. The lowest BCUT2D eigenvalue weighted by atomic mass is 10.2. The summed E-state index contributed by atoms with van der Waals surface area (Å²) in [5, 5.41) is 3.19. The van der Waals surface area contributed by atoms with Gasteiger partial charge >= 0.3 is 0 Å². The van der Waals surface area contributed by atoms with Gasteiger partial charge in [-0.05, 0) is 32.9 Å². The Labute approximate surface area is 115 Å². The van der Waals surface area contributed by atoms with Gasteiger partial charge in [0.15, 0.2) is 0 Å². The highest BCUT2D eigenvalue weighted by atomic mass is 16.5. The first-order valence-corrected chi connectivity index (χ1v) is 6.45. The van der Waals surface area contributed by atoms with Crippen molar-refractivity contribution in [2.75, 3.05) is 26.1 Å². The van der Waals surface area contributed by atoms with E-state index in [0.717, 1.165) is 0 Å².